The van der Waals surface area contributed by atoms with Gasteiger partial charge in [0.2, 0.25) is 13.3 Å². The molecule has 4 atom stereocenters. The number of hydrogen-bond acceptors (Lipinski definition) is 6. The van der Waals surface area contributed by atoms with Crippen molar-refractivity contribution in [1.29, 1.82) is 0 Å². The lowest BCUT2D eigenvalue weighted by atomic mass is 9.97. The van der Waals surface area contributed by atoms with Gasteiger partial charge in [-0.25, -0.2) is 4.79 Å². The summed E-state index contributed by atoms with van der Waals surface area (Å²) >= 11 is 0. The standard InChI is InChI=1S/C35H39N2O5P/c1-26(35(39)41-23-29-12-6-3-7-13-29)37-34(38)33(22-28-18-20-32(21-19-28)31-16-10-5-11-17-31)25-43(40,27(2)36)42-24-30-14-8-4-9-15-30/h3-21,26-27,33H,22-25,36H2,1-2H3,(H,37,38)/t26-,27+,33+,43?/m0/s1. The highest BCUT2D eigenvalue weighted by Crippen LogP contribution is 2.52. The highest BCUT2D eigenvalue weighted by molar-refractivity contribution is 7.59. The number of esters is 1. The van der Waals surface area contributed by atoms with Gasteiger partial charge in [0, 0.05) is 6.16 Å². The molecule has 224 valence electrons. The molecule has 0 radical (unpaired) electrons. The molecule has 0 aliphatic heterocycles. The molecule has 1 unspecified atom stereocenters. The molecular formula is C35H39N2O5P. The van der Waals surface area contributed by atoms with Gasteiger partial charge >= 0.3 is 5.97 Å². The second-order valence-electron chi connectivity index (χ2n) is 10.7. The lowest BCUT2D eigenvalue weighted by molar-refractivity contribution is -0.148. The second-order valence-corrected chi connectivity index (χ2v) is 13.6. The summed E-state index contributed by atoms with van der Waals surface area (Å²) in [4.78, 5) is 26.4. The number of rotatable bonds is 14. The minimum atomic E-state index is -3.48. The number of nitrogens with two attached hydrogens (primary N) is 1. The highest BCUT2D eigenvalue weighted by atomic mass is 31.2. The Hall–Kier alpha value is -4.03. The Balaban J connectivity index is 1.50. The first-order valence-electron chi connectivity index (χ1n) is 14.4. The molecule has 43 heavy (non-hydrogen) atoms. The number of hydrogen-bond donors (Lipinski definition) is 2. The van der Waals surface area contributed by atoms with Crippen LogP contribution in [0.2, 0.25) is 0 Å². The average Bonchev–Trinajstić information content (AvgIpc) is 3.04. The van der Waals surface area contributed by atoms with Gasteiger partial charge in [0.1, 0.15) is 12.6 Å². The third kappa shape index (κ3) is 9.48. The fourth-order valence-corrected chi connectivity index (χ4v) is 6.58. The minimum absolute atomic E-state index is 0.0739. The number of amides is 1. The molecule has 4 aromatic carbocycles. The maximum Gasteiger partial charge on any atom is 0.328 e. The van der Waals surface area contributed by atoms with Crippen LogP contribution in [0.1, 0.15) is 30.5 Å². The molecule has 0 aliphatic carbocycles. The third-order valence-electron chi connectivity index (χ3n) is 7.24. The molecule has 0 spiro atoms. The van der Waals surface area contributed by atoms with E-state index in [1.807, 2.05) is 115 Å². The zero-order chi connectivity index (χ0) is 30.7. The second kappa shape index (κ2) is 15.4. The topological polar surface area (TPSA) is 108 Å². The fraction of sp³-hybridized carbons (Fsp3) is 0.257. The van der Waals surface area contributed by atoms with Gasteiger partial charge in [-0.15, -0.1) is 0 Å². The van der Waals surface area contributed by atoms with E-state index in [1.165, 1.54) is 0 Å². The summed E-state index contributed by atoms with van der Waals surface area (Å²) in [5, 5.41) is 2.78. The molecule has 8 heteroatoms. The van der Waals surface area contributed by atoms with Crippen molar-refractivity contribution in [3.63, 3.8) is 0 Å². The van der Waals surface area contributed by atoms with Crippen LogP contribution in [0.4, 0.5) is 0 Å². The Bertz CT molecular complexity index is 1500. The smallest absolute Gasteiger partial charge is 0.328 e. The maximum atomic E-state index is 14.1. The van der Waals surface area contributed by atoms with Crippen molar-refractivity contribution in [2.45, 2.75) is 45.3 Å². The van der Waals surface area contributed by atoms with Crippen LogP contribution >= 0.6 is 7.37 Å². The third-order valence-corrected chi connectivity index (χ3v) is 10.00. The number of nitrogens with one attached hydrogen (secondary N) is 1. The average molecular weight is 599 g/mol. The summed E-state index contributed by atoms with van der Waals surface area (Å²) in [6, 6.07) is 35.8. The van der Waals surface area contributed by atoms with Crippen LogP contribution in [0, 0.1) is 5.92 Å². The monoisotopic (exact) mass is 598 g/mol. The maximum absolute atomic E-state index is 14.1. The number of carbonyl (C=O) groups excluding carboxylic acids is 2. The zero-order valence-corrected chi connectivity index (χ0v) is 25.5. The Labute approximate surface area is 253 Å². The summed E-state index contributed by atoms with van der Waals surface area (Å²) in [6.45, 7) is 3.43. The van der Waals surface area contributed by atoms with Crippen LogP contribution in [0.25, 0.3) is 11.1 Å². The van der Waals surface area contributed by atoms with E-state index in [0.29, 0.717) is 0 Å². The van der Waals surface area contributed by atoms with Crippen molar-refractivity contribution >= 4 is 19.2 Å². The number of benzene rings is 4. The number of carbonyl (C=O) groups is 2. The predicted molar refractivity (Wildman–Crippen MR) is 170 cm³/mol. The van der Waals surface area contributed by atoms with Gasteiger partial charge in [-0.05, 0) is 48.1 Å². The molecule has 7 nitrogen and oxygen atoms in total. The zero-order valence-electron chi connectivity index (χ0n) is 24.6. The van der Waals surface area contributed by atoms with Crippen molar-refractivity contribution in [2.75, 3.05) is 6.16 Å². The van der Waals surface area contributed by atoms with Crippen molar-refractivity contribution < 1.29 is 23.4 Å². The molecule has 0 aliphatic rings. The first-order valence-corrected chi connectivity index (χ1v) is 16.3. The molecule has 4 aromatic rings. The van der Waals surface area contributed by atoms with Crippen molar-refractivity contribution in [3.8, 4) is 11.1 Å². The first-order chi connectivity index (χ1) is 20.7. The van der Waals surface area contributed by atoms with Gasteiger partial charge in [-0.1, -0.05) is 115 Å². The SMILES string of the molecule is C[C@H](NC(=O)[C@H](Cc1ccc(-c2ccccc2)cc1)CP(=O)(OCc1ccccc1)[C@H](C)N)C(=O)OCc1ccccc1. The Morgan fingerprint density at radius 1 is 0.721 bits per heavy atom. The normalized spacial score (nSPS) is 14.6. The van der Waals surface area contributed by atoms with Crippen molar-refractivity contribution in [1.82, 2.24) is 5.32 Å². The van der Waals surface area contributed by atoms with Crippen molar-refractivity contribution in [3.05, 3.63) is 132 Å². The lowest BCUT2D eigenvalue weighted by Crippen LogP contribution is -2.44. The van der Waals surface area contributed by atoms with E-state index in [2.05, 4.69) is 5.32 Å². The highest BCUT2D eigenvalue weighted by Gasteiger charge is 2.36. The Morgan fingerprint density at radius 3 is 1.79 bits per heavy atom. The van der Waals surface area contributed by atoms with E-state index in [4.69, 9.17) is 15.0 Å². The molecule has 0 saturated carbocycles. The van der Waals surface area contributed by atoms with E-state index < -0.39 is 37.0 Å². The predicted octanol–water partition coefficient (Wildman–Crippen LogP) is 6.56. The quantitative estimate of drug-likeness (QED) is 0.126. The van der Waals surface area contributed by atoms with Crippen LogP contribution < -0.4 is 11.1 Å². The number of ether oxygens (including phenoxy) is 1. The molecule has 3 N–H and O–H groups in total. The van der Waals surface area contributed by atoms with Gasteiger partial charge in [0.15, 0.2) is 0 Å². The van der Waals surface area contributed by atoms with Gasteiger partial charge < -0.3 is 20.3 Å². The summed E-state index contributed by atoms with van der Waals surface area (Å²) in [7, 11) is -3.48. The van der Waals surface area contributed by atoms with E-state index in [0.717, 1.165) is 27.8 Å². The molecule has 0 fully saturated rings. The van der Waals surface area contributed by atoms with Crippen molar-refractivity contribution in [2.24, 2.45) is 11.7 Å². The molecule has 0 bridgehead atoms. The molecule has 0 heterocycles. The summed E-state index contributed by atoms with van der Waals surface area (Å²) in [5.74, 6) is -2.53. The van der Waals surface area contributed by atoms with Crippen LogP contribution in [0.3, 0.4) is 0 Å². The van der Waals surface area contributed by atoms with E-state index in [1.54, 1.807) is 13.8 Å². The van der Waals surface area contributed by atoms with Gasteiger partial charge in [-0.2, -0.15) is 0 Å². The molecular weight excluding hydrogens is 559 g/mol. The first kappa shape index (κ1) is 31.9. The van der Waals surface area contributed by atoms with E-state index in [-0.39, 0.29) is 25.8 Å². The van der Waals surface area contributed by atoms with Gasteiger partial charge in [-0.3, -0.25) is 9.36 Å². The van der Waals surface area contributed by atoms with Crippen LogP contribution in [0.5, 0.6) is 0 Å². The molecule has 1 amide bonds. The summed E-state index contributed by atoms with van der Waals surface area (Å²) in [6.07, 6.45) is 0.216. The van der Waals surface area contributed by atoms with Gasteiger partial charge in [0.25, 0.3) is 0 Å². The summed E-state index contributed by atoms with van der Waals surface area (Å²) in [5.41, 5.74) is 10.9. The summed E-state index contributed by atoms with van der Waals surface area (Å²) < 4.78 is 25.5. The Morgan fingerprint density at radius 2 is 1.23 bits per heavy atom. The van der Waals surface area contributed by atoms with E-state index >= 15 is 0 Å². The van der Waals surface area contributed by atoms with Gasteiger partial charge in [0.05, 0.1) is 18.3 Å². The van der Waals surface area contributed by atoms with Crippen LogP contribution in [-0.4, -0.2) is 29.9 Å². The van der Waals surface area contributed by atoms with E-state index in [9.17, 15) is 14.2 Å². The molecule has 0 saturated heterocycles. The molecule has 0 aromatic heterocycles. The van der Waals surface area contributed by atoms with Crippen LogP contribution in [0.15, 0.2) is 115 Å². The Kier molecular flexibility index (Phi) is 11.5. The lowest BCUT2D eigenvalue weighted by Gasteiger charge is -2.27. The largest absolute Gasteiger partial charge is 0.459 e. The minimum Gasteiger partial charge on any atom is -0.459 e. The van der Waals surface area contributed by atoms with Crippen LogP contribution in [-0.2, 0) is 43.0 Å². The fourth-order valence-electron chi connectivity index (χ4n) is 4.63. The molecule has 4 rings (SSSR count).